The lowest BCUT2D eigenvalue weighted by Crippen LogP contribution is -2.60. The number of fused-ring (bicyclic) bond motifs is 1. The third-order valence-corrected chi connectivity index (χ3v) is 6.93. The summed E-state index contributed by atoms with van der Waals surface area (Å²) in [6.07, 6.45) is 9.62. The van der Waals surface area contributed by atoms with Crippen LogP contribution in [0.1, 0.15) is 44.6 Å². The Morgan fingerprint density at radius 2 is 2.10 bits per heavy atom. The number of hydrogen-bond donors (Lipinski definition) is 1. The number of aromatic nitrogens is 1. The van der Waals surface area contributed by atoms with Crippen molar-refractivity contribution in [1.82, 2.24) is 20.1 Å². The van der Waals surface area contributed by atoms with Gasteiger partial charge in [-0.2, -0.15) is 0 Å². The van der Waals surface area contributed by atoms with Crippen molar-refractivity contribution in [1.29, 1.82) is 0 Å². The fourth-order valence-corrected chi connectivity index (χ4v) is 5.46. The summed E-state index contributed by atoms with van der Waals surface area (Å²) in [5.41, 5.74) is 1.20. The predicted octanol–water partition coefficient (Wildman–Crippen LogP) is 2.66. The van der Waals surface area contributed by atoms with E-state index in [0.717, 1.165) is 51.6 Å². The van der Waals surface area contributed by atoms with Crippen molar-refractivity contribution >= 4 is 6.03 Å². The van der Waals surface area contributed by atoms with E-state index >= 15 is 0 Å². The van der Waals surface area contributed by atoms with E-state index in [2.05, 4.69) is 22.1 Å². The van der Waals surface area contributed by atoms with E-state index in [9.17, 15) is 4.79 Å². The largest absolute Gasteiger partial charge is 0.348 e. The van der Waals surface area contributed by atoms with Crippen molar-refractivity contribution in [2.45, 2.75) is 63.3 Å². The normalized spacial score (nSPS) is 28.3. The minimum atomic E-state index is -0.369. The van der Waals surface area contributed by atoms with Crippen molar-refractivity contribution in [2.75, 3.05) is 39.9 Å². The maximum Gasteiger partial charge on any atom is 0.317 e. The summed E-state index contributed by atoms with van der Waals surface area (Å²) in [6, 6.07) is 4.78. The van der Waals surface area contributed by atoms with E-state index < -0.39 is 0 Å². The molecule has 0 bridgehead atoms. The van der Waals surface area contributed by atoms with Crippen LogP contribution in [0.2, 0.25) is 0 Å². The highest BCUT2D eigenvalue weighted by molar-refractivity contribution is 5.74. The minimum absolute atomic E-state index is 0.0165. The van der Waals surface area contributed by atoms with Gasteiger partial charge in [0.2, 0.25) is 0 Å². The van der Waals surface area contributed by atoms with Gasteiger partial charge in [-0.1, -0.05) is 6.92 Å². The number of rotatable bonds is 6. The monoisotopic (exact) mass is 416 g/mol. The van der Waals surface area contributed by atoms with Crippen molar-refractivity contribution in [3.63, 3.8) is 0 Å². The number of piperidine rings is 1. The zero-order valence-corrected chi connectivity index (χ0v) is 18.4. The van der Waals surface area contributed by atoms with Crippen LogP contribution >= 0.6 is 0 Å². The molecule has 4 rings (SSSR count). The Balaban J connectivity index is 1.34. The zero-order chi connectivity index (χ0) is 21.0. The van der Waals surface area contributed by atoms with Crippen molar-refractivity contribution in [2.24, 2.45) is 5.92 Å². The maximum atomic E-state index is 12.8. The number of pyridine rings is 1. The van der Waals surface area contributed by atoms with Gasteiger partial charge in [-0.3, -0.25) is 9.88 Å². The Bertz CT molecular complexity index is 695. The molecule has 166 valence electrons. The molecule has 2 saturated heterocycles. The van der Waals surface area contributed by atoms with Gasteiger partial charge in [0.1, 0.15) is 0 Å². The number of carbonyl (C=O) groups excluding carboxylic acids is 1. The molecule has 1 aromatic rings. The molecule has 3 heterocycles. The smallest absolute Gasteiger partial charge is 0.317 e. The average Bonchev–Trinajstić information content (AvgIpc) is 3.20. The number of carbonyl (C=O) groups is 1. The number of urea groups is 1. The standard InChI is InChI=1S/C23H36N4O3/c1-3-11-27-17-20(15-19-16-23(8-4-21(19)27)29-13-14-30-23)25-22(28)26(2)12-7-18-5-9-24-10-6-18/h5-6,9-10,19-21H,3-4,7-8,11-17H2,1-2H3,(H,25,28)/t19-,20+,21-/m1/s1. The SMILES string of the molecule is CCCN1C[C@@H](NC(=O)N(C)CCc2ccncc2)C[C@@H]2CC3(CC[C@H]21)OCCO3. The van der Waals surface area contributed by atoms with Crippen LogP contribution in [0.5, 0.6) is 0 Å². The number of nitrogens with one attached hydrogen (secondary N) is 1. The van der Waals surface area contributed by atoms with Gasteiger partial charge < -0.3 is 19.7 Å². The first-order valence-electron chi connectivity index (χ1n) is 11.5. The molecule has 0 aromatic carbocycles. The highest BCUT2D eigenvalue weighted by Gasteiger charge is 2.49. The molecule has 1 saturated carbocycles. The fourth-order valence-electron chi connectivity index (χ4n) is 5.46. The lowest BCUT2D eigenvalue weighted by molar-refractivity contribution is -0.201. The average molecular weight is 417 g/mol. The number of likely N-dealkylation sites (N-methyl/N-ethyl adjacent to an activating group) is 1. The topological polar surface area (TPSA) is 66.9 Å². The zero-order valence-electron chi connectivity index (χ0n) is 18.4. The van der Waals surface area contributed by atoms with Crippen molar-refractivity contribution in [3.05, 3.63) is 30.1 Å². The van der Waals surface area contributed by atoms with Gasteiger partial charge in [-0.05, 0) is 55.8 Å². The van der Waals surface area contributed by atoms with E-state index in [1.165, 1.54) is 5.56 Å². The van der Waals surface area contributed by atoms with Crippen LogP contribution in [0.3, 0.4) is 0 Å². The molecular weight excluding hydrogens is 380 g/mol. The van der Waals surface area contributed by atoms with E-state index in [1.807, 2.05) is 19.2 Å². The molecule has 0 radical (unpaired) electrons. The lowest BCUT2D eigenvalue weighted by Gasteiger charge is -2.51. The molecule has 3 atom stereocenters. The van der Waals surface area contributed by atoms with Gasteiger partial charge in [0.05, 0.1) is 13.2 Å². The first kappa shape index (κ1) is 21.5. The Kier molecular flexibility index (Phi) is 6.91. The fraction of sp³-hybridized carbons (Fsp3) is 0.739. The Labute approximate surface area is 180 Å². The van der Waals surface area contributed by atoms with Crippen LogP contribution < -0.4 is 5.32 Å². The maximum absolute atomic E-state index is 12.8. The summed E-state index contributed by atoms with van der Waals surface area (Å²) >= 11 is 0. The molecule has 7 heteroatoms. The second kappa shape index (κ2) is 9.62. The van der Waals surface area contributed by atoms with Gasteiger partial charge in [0, 0.05) is 57.5 Å². The van der Waals surface area contributed by atoms with Crippen LogP contribution in [-0.2, 0) is 15.9 Å². The lowest BCUT2D eigenvalue weighted by atomic mass is 9.74. The van der Waals surface area contributed by atoms with Crippen LogP contribution in [0.25, 0.3) is 0 Å². The third-order valence-electron chi connectivity index (χ3n) is 6.93. The van der Waals surface area contributed by atoms with Gasteiger partial charge >= 0.3 is 6.03 Å². The summed E-state index contributed by atoms with van der Waals surface area (Å²) in [5, 5.41) is 3.31. The summed E-state index contributed by atoms with van der Waals surface area (Å²) in [7, 11) is 1.88. The van der Waals surface area contributed by atoms with Gasteiger partial charge in [-0.25, -0.2) is 4.79 Å². The van der Waals surface area contributed by atoms with Crippen LogP contribution in [0, 0.1) is 5.92 Å². The highest BCUT2D eigenvalue weighted by Crippen LogP contribution is 2.44. The van der Waals surface area contributed by atoms with Crippen molar-refractivity contribution < 1.29 is 14.3 Å². The molecule has 3 aliphatic rings. The van der Waals surface area contributed by atoms with Crippen molar-refractivity contribution in [3.8, 4) is 0 Å². The molecule has 30 heavy (non-hydrogen) atoms. The number of amides is 2. The molecule has 2 amide bonds. The van der Waals surface area contributed by atoms with Gasteiger partial charge in [0.25, 0.3) is 0 Å². The molecule has 3 fully saturated rings. The van der Waals surface area contributed by atoms with Crippen LogP contribution in [-0.4, -0.2) is 78.6 Å². The molecule has 1 aliphatic carbocycles. The second-order valence-corrected chi connectivity index (χ2v) is 9.08. The van der Waals surface area contributed by atoms with E-state index in [0.29, 0.717) is 31.7 Å². The first-order valence-corrected chi connectivity index (χ1v) is 11.5. The minimum Gasteiger partial charge on any atom is -0.348 e. The van der Waals surface area contributed by atoms with E-state index in [1.54, 1.807) is 17.3 Å². The summed E-state index contributed by atoms with van der Waals surface area (Å²) in [6.45, 7) is 6.36. The summed E-state index contributed by atoms with van der Waals surface area (Å²) in [4.78, 5) is 21.3. The van der Waals surface area contributed by atoms with Gasteiger partial charge in [0.15, 0.2) is 5.79 Å². The van der Waals surface area contributed by atoms with Crippen LogP contribution in [0.15, 0.2) is 24.5 Å². The van der Waals surface area contributed by atoms with Crippen LogP contribution in [0.4, 0.5) is 4.79 Å². The Hall–Kier alpha value is -1.70. The molecular formula is C23H36N4O3. The van der Waals surface area contributed by atoms with E-state index in [-0.39, 0.29) is 17.9 Å². The number of ether oxygens (including phenoxy) is 2. The highest BCUT2D eigenvalue weighted by atomic mass is 16.7. The first-order chi connectivity index (χ1) is 14.6. The molecule has 0 unspecified atom stereocenters. The van der Waals surface area contributed by atoms with Gasteiger partial charge in [-0.15, -0.1) is 0 Å². The Morgan fingerprint density at radius 1 is 1.33 bits per heavy atom. The number of likely N-dealkylation sites (tertiary alicyclic amines) is 1. The molecule has 2 aliphatic heterocycles. The third kappa shape index (κ3) is 4.95. The molecule has 1 N–H and O–H groups in total. The second-order valence-electron chi connectivity index (χ2n) is 9.08. The molecule has 7 nitrogen and oxygen atoms in total. The van der Waals surface area contributed by atoms with E-state index in [4.69, 9.17) is 9.47 Å². The number of nitrogens with zero attached hydrogens (tertiary/aromatic N) is 3. The Morgan fingerprint density at radius 3 is 2.83 bits per heavy atom. The molecule has 1 spiro atoms. The number of hydrogen-bond acceptors (Lipinski definition) is 5. The summed E-state index contributed by atoms with van der Waals surface area (Å²) in [5.74, 6) is 0.135. The molecule has 1 aromatic heterocycles. The summed E-state index contributed by atoms with van der Waals surface area (Å²) < 4.78 is 12.0. The quantitative estimate of drug-likeness (QED) is 0.772. The predicted molar refractivity (Wildman–Crippen MR) is 115 cm³/mol.